The molecule has 0 aliphatic heterocycles. The highest BCUT2D eigenvalue weighted by Crippen LogP contribution is 2.13. The topological polar surface area (TPSA) is 106 Å². The molecule has 100 valence electrons. The zero-order valence-corrected chi connectivity index (χ0v) is 11.7. The summed E-state index contributed by atoms with van der Waals surface area (Å²) in [5.74, 6) is -1.24. The van der Waals surface area contributed by atoms with Gasteiger partial charge in [-0.05, 0) is 22.0 Å². The molecule has 1 heterocycles. The van der Waals surface area contributed by atoms with Crippen molar-refractivity contribution in [3.63, 3.8) is 0 Å². The maximum absolute atomic E-state index is 11.8. The van der Waals surface area contributed by atoms with Crippen LogP contribution in [-0.2, 0) is 19.6 Å². The van der Waals surface area contributed by atoms with E-state index in [0.29, 0.717) is 4.47 Å². The number of pyridine rings is 1. The highest BCUT2D eigenvalue weighted by atomic mass is 79.9. The van der Waals surface area contributed by atoms with Crippen LogP contribution >= 0.6 is 15.9 Å². The lowest BCUT2D eigenvalue weighted by atomic mass is 10.4. The quantitative estimate of drug-likeness (QED) is 0.768. The number of ether oxygens (including phenoxy) is 1. The second-order valence-electron chi connectivity index (χ2n) is 3.25. The smallest absolute Gasteiger partial charge is 0.334 e. The lowest BCUT2D eigenvalue weighted by Crippen LogP contribution is -2.37. The molecule has 2 N–H and O–H groups in total. The first-order valence-corrected chi connectivity index (χ1v) is 7.00. The average Bonchev–Trinajstić information content (AvgIpc) is 2.29. The van der Waals surface area contributed by atoms with Gasteiger partial charge in [0, 0.05) is 30.5 Å². The maximum atomic E-state index is 11.8. The van der Waals surface area contributed by atoms with Gasteiger partial charge in [0.15, 0.2) is 6.10 Å². The summed E-state index contributed by atoms with van der Waals surface area (Å²) >= 11 is 3.10. The van der Waals surface area contributed by atoms with E-state index < -0.39 is 22.1 Å². The van der Waals surface area contributed by atoms with Crippen LogP contribution in [0.5, 0.6) is 0 Å². The summed E-state index contributed by atoms with van der Waals surface area (Å²) < 4.78 is 30.9. The van der Waals surface area contributed by atoms with Gasteiger partial charge in [0.1, 0.15) is 4.90 Å². The van der Waals surface area contributed by atoms with Crippen LogP contribution < -0.4 is 4.72 Å². The molecule has 1 unspecified atom stereocenters. The van der Waals surface area contributed by atoms with Crippen molar-refractivity contribution in [1.29, 1.82) is 0 Å². The summed E-state index contributed by atoms with van der Waals surface area (Å²) in [6.45, 7) is -0.360. The third kappa shape index (κ3) is 4.02. The third-order valence-electron chi connectivity index (χ3n) is 2.01. The average molecular weight is 339 g/mol. The van der Waals surface area contributed by atoms with Gasteiger partial charge in [0.2, 0.25) is 10.0 Å². The molecule has 0 aromatic carbocycles. The van der Waals surface area contributed by atoms with E-state index in [-0.39, 0.29) is 11.4 Å². The number of aliphatic carboxylic acids is 1. The number of hydrogen-bond donors (Lipinski definition) is 2. The molecule has 1 aromatic heterocycles. The van der Waals surface area contributed by atoms with Gasteiger partial charge < -0.3 is 9.84 Å². The van der Waals surface area contributed by atoms with Gasteiger partial charge in [0.25, 0.3) is 0 Å². The monoisotopic (exact) mass is 338 g/mol. The van der Waals surface area contributed by atoms with Crippen molar-refractivity contribution >= 4 is 31.9 Å². The van der Waals surface area contributed by atoms with Gasteiger partial charge in [-0.1, -0.05) is 0 Å². The molecule has 0 aliphatic rings. The zero-order chi connectivity index (χ0) is 13.8. The van der Waals surface area contributed by atoms with Crippen molar-refractivity contribution in [2.45, 2.75) is 11.0 Å². The molecule has 0 saturated carbocycles. The Balaban J connectivity index is 2.80. The van der Waals surface area contributed by atoms with Crippen molar-refractivity contribution in [2.75, 3.05) is 13.7 Å². The number of nitrogens with one attached hydrogen (secondary N) is 1. The number of halogens is 1. The second-order valence-corrected chi connectivity index (χ2v) is 5.94. The number of carbonyl (C=O) groups is 1. The molecule has 18 heavy (non-hydrogen) atoms. The van der Waals surface area contributed by atoms with Crippen LogP contribution in [0.3, 0.4) is 0 Å². The van der Waals surface area contributed by atoms with Crippen LogP contribution in [0.2, 0.25) is 0 Å². The Labute approximate surface area is 112 Å². The van der Waals surface area contributed by atoms with Crippen molar-refractivity contribution in [3.05, 3.63) is 22.9 Å². The summed E-state index contributed by atoms with van der Waals surface area (Å²) in [6, 6.07) is 1.36. The van der Waals surface area contributed by atoms with E-state index in [1.54, 1.807) is 0 Å². The Morgan fingerprint density at radius 2 is 2.28 bits per heavy atom. The van der Waals surface area contributed by atoms with E-state index >= 15 is 0 Å². The first kappa shape index (κ1) is 15.0. The minimum absolute atomic E-state index is 0.0582. The Morgan fingerprint density at radius 1 is 1.61 bits per heavy atom. The number of carboxylic acid groups (broad SMARTS) is 1. The van der Waals surface area contributed by atoms with Gasteiger partial charge in [-0.2, -0.15) is 0 Å². The van der Waals surface area contributed by atoms with Crippen LogP contribution in [0.1, 0.15) is 0 Å². The maximum Gasteiger partial charge on any atom is 0.334 e. The molecule has 1 aromatic rings. The SMILES string of the molecule is COC(CNS(=O)(=O)c1cncc(Br)c1)C(=O)O. The fraction of sp³-hybridized carbons (Fsp3) is 0.333. The molecule has 0 radical (unpaired) electrons. The van der Waals surface area contributed by atoms with Crippen LogP contribution in [0.25, 0.3) is 0 Å². The molecule has 0 aliphatic carbocycles. The standard InChI is InChI=1S/C9H11BrN2O5S/c1-17-8(9(13)14)5-12-18(15,16)7-2-6(10)3-11-4-7/h2-4,8,12H,5H2,1H3,(H,13,14). The minimum Gasteiger partial charge on any atom is -0.479 e. The van der Waals surface area contributed by atoms with Crippen LogP contribution in [-0.4, -0.2) is 44.2 Å². The highest BCUT2D eigenvalue weighted by Gasteiger charge is 2.21. The van der Waals surface area contributed by atoms with Gasteiger partial charge in [-0.25, -0.2) is 17.9 Å². The van der Waals surface area contributed by atoms with Gasteiger partial charge in [-0.15, -0.1) is 0 Å². The fourth-order valence-corrected chi connectivity index (χ4v) is 2.62. The van der Waals surface area contributed by atoms with E-state index in [1.807, 2.05) is 0 Å². The molecule has 9 heteroatoms. The number of aromatic nitrogens is 1. The molecule has 1 atom stereocenters. The van der Waals surface area contributed by atoms with Gasteiger partial charge in [0.05, 0.1) is 0 Å². The first-order valence-electron chi connectivity index (χ1n) is 4.72. The number of carboxylic acids is 1. The van der Waals surface area contributed by atoms with E-state index in [2.05, 4.69) is 30.4 Å². The molecule has 0 amide bonds. The predicted molar refractivity (Wildman–Crippen MR) is 65.6 cm³/mol. The van der Waals surface area contributed by atoms with E-state index in [9.17, 15) is 13.2 Å². The van der Waals surface area contributed by atoms with Crippen molar-refractivity contribution in [3.8, 4) is 0 Å². The summed E-state index contributed by atoms with van der Waals surface area (Å²) in [6.07, 6.45) is 1.36. The molecule has 0 saturated heterocycles. The summed E-state index contributed by atoms with van der Waals surface area (Å²) in [7, 11) is -2.62. The Morgan fingerprint density at radius 3 is 2.78 bits per heavy atom. The third-order valence-corrected chi connectivity index (χ3v) is 3.83. The number of hydrogen-bond acceptors (Lipinski definition) is 5. The van der Waals surface area contributed by atoms with Gasteiger partial charge in [-0.3, -0.25) is 4.98 Å². The molecule has 0 bridgehead atoms. The molecular weight excluding hydrogens is 328 g/mol. The minimum atomic E-state index is -3.81. The Hall–Kier alpha value is -1.03. The van der Waals surface area contributed by atoms with E-state index in [0.717, 1.165) is 6.20 Å². The molecule has 1 rings (SSSR count). The number of sulfonamides is 1. The summed E-state index contributed by atoms with van der Waals surface area (Å²) in [5.41, 5.74) is 0. The molecule has 0 fully saturated rings. The summed E-state index contributed by atoms with van der Waals surface area (Å²) in [5, 5.41) is 8.71. The largest absolute Gasteiger partial charge is 0.479 e. The molecular formula is C9H11BrN2O5S. The summed E-state index contributed by atoms with van der Waals surface area (Å²) in [4.78, 5) is 14.3. The first-order chi connectivity index (χ1) is 8.36. The number of methoxy groups -OCH3 is 1. The second kappa shape index (κ2) is 6.23. The van der Waals surface area contributed by atoms with Gasteiger partial charge >= 0.3 is 5.97 Å². The Kier molecular flexibility index (Phi) is 5.20. The molecule has 0 spiro atoms. The zero-order valence-electron chi connectivity index (χ0n) is 9.33. The van der Waals surface area contributed by atoms with E-state index in [1.165, 1.54) is 19.4 Å². The lowest BCUT2D eigenvalue weighted by molar-refractivity contribution is -0.147. The number of rotatable bonds is 6. The van der Waals surface area contributed by atoms with Crippen molar-refractivity contribution in [2.24, 2.45) is 0 Å². The normalized spacial score (nSPS) is 13.2. The Bertz CT molecular complexity index is 534. The van der Waals surface area contributed by atoms with E-state index in [4.69, 9.17) is 5.11 Å². The van der Waals surface area contributed by atoms with Crippen LogP contribution in [0.15, 0.2) is 27.8 Å². The highest BCUT2D eigenvalue weighted by molar-refractivity contribution is 9.10. The van der Waals surface area contributed by atoms with Crippen LogP contribution in [0.4, 0.5) is 0 Å². The lowest BCUT2D eigenvalue weighted by Gasteiger charge is -2.11. The van der Waals surface area contributed by atoms with Crippen molar-refractivity contribution < 1.29 is 23.1 Å². The van der Waals surface area contributed by atoms with Crippen molar-refractivity contribution in [1.82, 2.24) is 9.71 Å². The van der Waals surface area contributed by atoms with Crippen LogP contribution in [0, 0.1) is 0 Å². The molecule has 7 nitrogen and oxygen atoms in total. The fourth-order valence-electron chi connectivity index (χ4n) is 1.08. The number of nitrogens with zero attached hydrogens (tertiary/aromatic N) is 1. The predicted octanol–water partition coefficient (Wildman–Crippen LogP) is 0.222.